The molecule has 0 radical (unpaired) electrons. The van der Waals surface area contributed by atoms with E-state index in [2.05, 4.69) is 22.1 Å². The van der Waals surface area contributed by atoms with Gasteiger partial charge in [-0.1, -0.05) is 17.9 Å². The number of fused-ring (bicyclic) bond motifs is 2. The molecule has 3 atom stereocenters. The third-order valence-corrected chi connectivity index (χ3v) is 9.06. The molecule has 1 N–H and O–H groups in total. The highest BCUT2D eigenvalue weighted by atomic mass is 16.6. The molecule has 218 valence electrons. The Hall–Kier alpha value is -3.62. The van der Waals surface area contributed by atoms with Crippen LogP contribution in [0, 0.1) is 11.8 Å². The Morgan fingerprint density at radius 2 is 1.88 bits per heavy atom. The van der Waals surface area contributed by atoms with Crippen LogP contribution in [0.5, 0.6) is 0 Å². The maximum atomic E-state index is 13.1. The fourth-order valence-electron chi connectivity index (χ4n) is 6.90. The molecule has 0 bridgehead atoms. The summed E-state index contributed by atoms with van der Waals surface area (Å²) in [5.74, 6) is 5.40. The van der Waals surface area contributed by atoms with Gasteiger partial charge in [-0.2, -0.15) is 0 Å². The molecule has 2 aromatic rings. The molecule has 11 heteroatoms. The molecule has 6 rings (SSSR count). The average Bonchev–Trinajstić information content (AvgIpc) is 3.66. The maximum Gasteiger partial charge on any atom is 0.409 e. The molecule has 3 amide bonds. The molecule has 4 aliphatic rings. The van der Waals surface area contributed by atoms with Gasteiger partial charge in [-0.3, -0.25) is 28.9 Å². The van der Waals surface area contributed by atoms with E-state index in [-0.39, 0.29) is 43.2 Å². The van der Waals surface area contributed by atoms with Crippen molar-refractivity contribution in [2.24, 2.45) is 7.05 Å². The number of carbonyl (C=O) groups is 3. The summed E-state index contributed by atoms with van der Waals surface area (Å²) in [5.41, 5.74) is 1.58. The number of nitrogens with zero attached hydrogens (tertiary/aromatic N) is 4. The number of carbonyl (C=O) groups excluding carboxylic acids is 3. The molecule has 4 saturated heterocycles. The quantitative estimate of drug-likeness (QED) is 0.437. The van der Waals surface area contributed by atoms with Crippen molar-refractivity contribution in [2.45, 2.75) is 75.6 Å². The van der Waals surface area contributed by atoms with Gasteiger partial charge in [0, 0.05) is 38.6 Å². The topological polar surface area (TPSA) is 115 Å². The van der Waals surface area contributed by atoms with Crippen molar-refractivity contribution in [3.05, 3.63) is 34.2 Å². The number of piperidine rings is 2. The molecular weight excluding hydrogens is 526 g/mol. The second-order valence-electron chi connectivity index (χ2n) is 11.5. The second-order valence-corrected chi connectivity index (χ2v) is 11.5. The highest BCUT2D eigenvalue weighted by Gasteiger charge is 2.37. The Labute approximate surface area is 238 Å². The maximum absolute atomic E-state index is 13.1. The van der Waals surface area contributed by atoms with Gasteiger partial charge in [0.25, 0.3) is 0 Å². The van der Waals surface area contributed by atoms with Crippen LogP contribution in [-0.4, -0.2) is 87.9 Å². The van der Waals surface area contributed by atoms with Crippen molar-refractivity contribution in [1.82, 2.24) is 24.3 Å². The highest BCUT2D eigenvalue weighted by Crippen LogP contribution is 2.32. The fraction of sp³-hybridized carbons (Fsp3) is 0.600. The second kappa shape index (κ2) is 11.7. The molecule has 41 heavy (non-hydrogen) atoms. The lowest BCUT2D eigenvalue weighted by molar-refractivity contribution is -0.135. The van der Waals surface area contributed by atoms with Gasteiger partial charge in [0.05, 0.1) is 22.7 Å². The predicted molar refractivity (Wildman–Crippen MR) is 150 cm³/mol. The Bertz CT molecular complexity index is 1460. The number of rotatable bonds is 5. The molecule has 0 spiro atoms. The molecule has 4 aliphatic heterocycles. The smallest absolute Gasteiger partial charge is 0.409 e. The number of hydrogen-bond acceptors (Lipinski definition) is 7. The number of benzene rings is 1. The van der Waals surface area contributed by atoms with Crippen LogP contribution in [0.15, 0.2) is 23.0 Å². The molecule has 4 fully saturated rings. The number of nitrogens with one attached hydrogen (secondary N) is 1. The first-order chi connectivity index (χ1) is 19.9. The largest absolute Gasteiger partial charge is 0.448 e. The SMILES string of the molecule is Cn1c(=O)n(C2CCC(=O)NC2=O)c2cccc(C#CCOC3CCN(C(=O)OCC4CCC5CCCN54)CC3)c21. The summed E-state index contributed by atoms with van der Waals surface area (Å²) >= 11 is 0. The Morgan fingerprint density at radius 3 is 2.68 bits per heavy atom. The summed E-state index contributed by atoms with van der Waals surface area (Å²) in [6, 6.07) is 5.75. The van der Waals surface area contributed by atoms with Crippen molar-refractivity contribution in [3.63, 3.8) is 0 Å². The van der Waals surface area contributed by atoms with Crippen LogP contribution in [0.25, 0.3) is 11.0 Å². The van der Waals surface area contributed by atoms with Gasteiger partial charge in [0.2, 0.25) is 11.8 Å². The summed E-state index contributed by atoms with van der Waals surface area (Å²) in [4.78, 5) is 54.0. The number of imide groups is 1. The normalized spacial score (nSPS) is 25.2. The van der Waals surface area contributed by atoms with E-state index < -0.39 is 11.9 Å². The zero-order valence-corrected chi connectivity index (χ0v) is 23.5. The van der Waals surface area contributed by atoms with E-state index in [4.69, 9.17) is 9.47 Å². The number of aryl methyl sites for hydroxylation is 1. The van der Waals surface area contributed by atoms with E-state index in [0.717, 1.165) is 25.8 Å². The van der Waals surface area contributed by atoms with E-state index in [0.29, 0.717) is 48.4 Å². The summed E-state index contributed by atoms with van der Waals surface area (Å²) in [6.07, 6.45) is 6.58. The number of likely N-dealkylation sites (tertiary alicyclic amines) is 1. The van der Waals surface area contributed by atoms with Gasteiger partial charge < -0.3 is 14.4 Å². The van der Waals surface area contributed by atoms with Gasteiger partial charge in [0.15, 0.2) is 0 Å². The number of imidazole rings is 1. The zero-order chi connectivity index (χ0) is 28.5. The molecule has 0 saturated carbocycles. The van der Waals surface area contributed by atoms with E-state index in [9.17, 15) is 19.2 Å². The zero-order valence-electron chi connectivity index (χ0n) is 23.5. The Kier molecular flexibility index (Phi) is 7.86. The monoisotopic (exact) mass is 563 g/mol. The van der Waals surface area contributed by atoms with Gasteiger partial charge in [-0.15, -0.1) is 0 Å². The molecule has 11 nitrogen and oxygen atoms in total. The Morgan fingerprint density at radius 1 is 1.05 bits per heavy atom. The van der Waals surface area contributed by atoms with E-state index in [1.165, 1.54) is 28.4 Å². The van der Waals surface area contributed by atoms with Crippen LogP contribution in [0.2, 0.25) is 0 Å². The highest BCUT2D eigenvalue weighted by molar-refractivity contribution is 6.00. The number of aromatic nitrogens is 2. The van der Waals surface area contributed by atoms with Gasteiger partial charge in [0.1, 0.15) is 19.3 Å². The van der Waals surface area contributed by atoms with Gasteiger partial charge in [-0.05, 0) is 63.6 Å². The van der Waals surface area contributed by atoms with E-state index >= 15 is 0 Å². The first-order valence-corrected chi connectivity index (χ1v) is 14.7. The minimum Gasteiger partial charge on any atom is -0.448 e. The molecule has 0 aliphatic carbocycles. The van der Waals surface area contributed by atoms with Crippen molar-refractivity contribution >= 4 is 28.9 Å². The predicted octanol–water partition coefficient (Wildman–Crippen LogP) is 1.91. The minimum atomic E-state index is -0.737. The third kappa shape index (κ3) is 5.51. The first-order valence-electron chi connectivity index (χ1n) is 14.7. The van der Waals surface area contributed by atoms with Crippen LogP contribution >= 0.6 is 0 Å². The first kappa shape index (κ1) is 27.5. The number of ether oxygens (including phenoxy) is 2. The lowest BCUT2D eigenvalue weighted by atomic mass is 10.1. The van der Waals surface area contributed by atoms with Crippen LogP contribution in [0.3, 0.4) is 0 Å². The van der Waals surface area contributed by atoms with Crippen molar-refractivity contribution in [2.75, 3.05) is 32.8 Å². The van der Waals surface area contributed by atoms with E-state index in [1.54, 1.807) is 24.1 Å². The summed E-state index contributed by atoms with van der Waals surface area (Å²) < 4.78 is 14.6. The van der Waals surface area contributed by atoms with E-state index in [1.807, 2.05) is 6.07 Å². The van der Waals surface area contributed by atoms with Gasteiger partial charge in [-0.25, -0.2) is 9.59 Å². The van der Waals surface area contributed by atoms with Crippen LogP contribution in [0.4, 0.5) is 4.79 Å². The van der Waals surface area contributed by atoms with Crippen LogP contribution in [-0.2, 0) is 26.1 Å². The summed E-state index contributed by atoms with van der Waals surface area (Å²) in [7, 11) is 1.66. The molecule has 3 unspecified atom stereocenters. The molecular formula is C30H37N5O6. The van der Waals surface area contributed by atoms with Gasteiger partial charge >= 0.3 is 11.8 Å². The summed E-state index contributed by atoms with van der Waals surface area (Å²) in [5, 5.41) is 2.33. The third-order valence-electron chi connectivity index (χ3n) is 9.06. The number of amides is 3. The Balaban J connectivity index is 1.01. The molecule has 1 aromatic carbocycles. The lowest BCUT2D eigenvalue weighted by Crippen LogP contribution is -2.44. The number of para-hydroxylation sites is 1. The van der Waals surface area contributed by atoms with Crippen molar-refractivity contribution in [1.29, 1.82) is 0 Å². The lowest BCUT2D eigenvalue weighted by Gasteiger charge is -2.31. The molecule has 5 heterocycles. The van der Waals surface area contributed by atoms with Crippen LogP contribution in [0.1, 0.15) is 63.0 Å². The van der Waals surface area contributed by atoms with Crippen LogP contribution < -0.4 is 11.0 Å². The molecule has 1 aromatic heterocycles. The standard InChI is InChI=1S/C30H37N5O6/c1-32-27-20(5-2-8-24(27)35(29(32)38)25-11-12-26(36)31-28(25)37)6-4-18-40-23-13-16-33(17-14-23)30(39)41-19-22-10-9-21-7-3-15-34(21)22/h2,5,8,21-23,25H,3,7,9-19H2,1H3,(H,31,36,37). The average molecular weight is 564 g/mol. The van der Waals surface area contributed by atoms with Crippen molar-refractivity contribution < 1.29 is 23.9 Å². The minimum absolute atomic E-state index is 0.0160. The number of hydrogen-bond donors (Lipinski definition) is 1. The fourth-order valence-corrected chi connectivity index (χ4v) is 6.90. The summed E-state index contributed by atoms with van der Waals surface area (Å²) in [6.45, 7) is 3.04. The van der Waals surface area contributed by atoms with Crippen molar-refractivity contribution in [3.8, 4) is 11.8 Å².